The van der Waals surface area contributed by atoms with Crippen molar-refractivity contribution in [1.82, 2.24) is 19.3 Å². The van der Waals surface area contributed by atoms with Crippen molar-refractivity contribution >= 4 is 33.6 Å². The Morgan fingerprint density at radius 3 is 2.45 bits per heavy atom. The summed E-state index contributed by atoms with van der Waals surface area (Å²) in [6.45, 7) is 10.8. The van der Waals surface area contributed by atoms with E-state index in [0.717, 1.165) is 44.4 Å². The summed E-state index contributed by atoms with van der Waals surface area (Å²) < 4.78 is 24.5. The van der Waals surface area contributed by atoms with E-state index in [-0.39, 0.29) is 32.8 Å². The van der Waals surface area contributed by atoms with Crippen LogP contribution in [0.2, 0.25) is 0 Å². The molecule has 0 amide bonds. The quantitative estimate of drug-likeness (QED) is 0.113. The van der Waals surface area contributed by atoms with Crippen LogP contribution in [0, 0.1) is 31.8 Å². The number of thioether (sulfide) groups is 1. The molecule has 47 heavy (non-hydrogen) atoms. The van der Waals surface area contributed by atoms with Crippen LogP contribution in [0.3, 0.4) is 0 Å². The first-order chi connectivity index (χ1) is 22.3. The van der Waals surface area contributed by atoms with E-state index >= 15 is 0 Å². The molecular formula is C39H33FN4OPtS. The Labute approximate surface area is 293 Å². The monoisotopic (exact) mass is 819 g/mol. The van der Waals surface area contributed by atoms with Crippen LogP contribution in [0.5, 0.6) is 11.5 Å². The SMILES string of the molecule is CCSc1cc(C)c(-c2cnn(-c3[c-]c(Oc4[c-]c5c(cc4)c4ccccc4n5-c4cc(F)ccn4)cc(C(C)C)c3)c2)c(C)c1.[Pt+2]. The van der Waals surface area contributed by atoms with Gasteiger partial charge in [0.25, 0.3) is 0 Å². The van der Waals surface area contributed by atoms with Gasteiger partial charge in [-0.15, -0.1) is 53.0 Å². The van der Waals surface area contributed by atoms with Gasteiger partial charge in [-0.2, -0.15) is 11.2 Å². The number of hydrogen-bond donors (Lipinski definition) is 0. The molecule has 7 aromatic rings. The number of nitrogens with zero attached hydrogens (tertiary/aromatic N) is 4. The number of halogens is 1. The first-order valence-electron chi connectivity index (χ1n) is 15.4. The first-order valence-corrected chi connectivity index (χ1v) is 16.4. The molecule has 0 aliphatic rings. The predicted octanol–water partition coefficient (Wildman–Crippen LogP) is 10.4. The standard InChI is InChI=1S/C39H33FN4OS.Pt/c1-6-46-33-15-25(4)39(26(5)16-33)28-22-42-43(23-28)30-17-27(24(2)3)18-32(20-30)45-31-11-12-35-34-9-7-8-10-36(34)44(37(35)21-31)38-19-29(40)13-14-41-38;/h7-19,22-24H,6H2,1-5H3;/q-2;+2. The minimum atomic E-state index is -0.351. The fourth-order valence-electron chi connectivity index (χ4n) is 6.08. The van der Waals surface area contributed by atoms with Crippen LogP contribution in [0.1, 0.15) is 43.4 Å². The zero-order valence-electron chi connectivity index (χ0n) is 26.7. The number of aryl methyl sites for hydroxylation is 2. The van der Waals surface area contributed by atoms with E-state index in [9.17, 15) is 4.39 Å². The van der Waals surface area contributed by atoms with Crippen molar-refractivity contribution in [3.63, 3.8) is 0 Å². The van der Waals surface area contributed by atoms with Gasteiger partial charge >= 0.3 is 21.1 Å². The van der Waals surface area contributed by atoms with Crippen LogP contribution >= 0.6 is 11.8 Å². The molecule has 238 valence electrons. The van der Waals surface area contributed by atoms with E-state index in [4.69, 9.17) is 9.84 Å². The second-order valence-corrected chi connectivity index (χ2v) is 13.1. The van der Waals surface area contributed by atoms with Crippen LogP contribution in [-0.4, -0.2) is 25.1 Å². The van der Waals surface area contributed by atoms with E-state index in [1.54, 1.807) is 0 Å². The van der Waals surface area contributed by atoms with Crippen LogP contribution in [0.15, 0.2) is 96.3 Å². The Morgan fingerprint density at radius 1 is 0.915 bits per heavy atom. The fourth-order valence-corrected chi connectivity index (χ4v) is 6.93. The Balaban J connectivity index is 0.00000386. The summed E-state index contributed by atoms with van der Waals surface area (Å²) in [6.07, 6.45) is 5.45. The number of pyridine rings is 1. The normalized spacial score (nSPS) is 11.4. The minimum Gasteiger partial charge on any atom is -0.509 e. The van der Waals surface area contributed by atoms with Crippen molar-refractivity contribution in [3.05, 3.63) is 126 Å². The number of fused-ring (bicyclic) bond motifs is 3. The summed E-state index contributed by atoms with van der Waals surface area (Å²) in [5, 5.41) is 6.75. The molecule has 3 aromatic heterocycles. The molecule has 0 fully saturated rings. The average molecular weight is 820 g/mol. The summed E-state index contributed by atoms with van der Waals surface area (Å²) in [5.41, 5.74) is 8.29. The molecule has 0 aliphatic heterocycles. The molecule has 7 rings (SSSR count). The predicted molar refractivity (Wildman–Crippen MR) is 185 cm³/mol. The topological polar surface area (TPSA) is 44.9 Å². The number of rotatable bonds is 8. The van der Waals surface area contributed by atoms with Crippen molar-refractivity contribution in [2.75, 3.05) is 5.75 Å². The van der Waals surface area contributed by atoms with Crippen molar-refractivity contribution in [1.29, 1.82) is 0 Å². The van der Waals surface area contributed by atoms with Crippen LogP contribution in [-0.2, 0) is 21.1 Å². The van der Waals surface area contributed by atoms with Crippen molar-refractivity contribution < 1.29 is 30.2 Å². The van der Waals surface area contributed by atoms with Gasteiger partial charge in [0.1, 0.15) is 11.6 Å². The minimum absolute atomic E-state index is 0. The third kappa shape index (κ3) is 6.39. The third-order valence-electron chi connectivity index (χ3n) is 8.17. The molecule has 0 bridgehead atoms. The van der Waals surface area contributed by atoms with Crippen LogP contribution in [0.25, 0.3) is 44.4 Å². The number of aromatic nitrogens is 4. The Morgan fingerprint density at radius 2 is 1.70 bits per heavy atom. The van der Waals surface area contributed by atoms with E-state index in [0.29, 0.717) is 17.3 Å². The smallest absolute Gasteiger partial charge is 0.509 e. The molecule has 0 saturated carbocycles. The van der Waals surface area contributed by atoms with Gasteiger partial charge in [0.05, 0.1) is 6.20 Å². The van der Waals surface area contributed by atoms with Crippen LogP contribution < -0.4 is 4.74 Å². The zero-order chi connectivity index (χ0) is 31.9. The van der Waals surface area contributed by atoms with E-state index < -0.39 is 0 Å². The molecule has 3 heterocycles. The maximum absolute atomic E-state index is 14.3. The van der Waals surface area contributed by atoms with E-state index in [1.807, 2.05) is 69.7 Å². The van der Waals surface area contributed by atoms with Gasteiger partial charge in [-0.3, -0.25) is 4.68 Å². The average Bonchev–Trinajstić information content (AvgIpc) is 3.64. The molecule has 0 saturated heterocycles. The van der Waals surface area contributed by atoms with Gasteiger partial charge in [0.2, 0.25) is 0 Å². The van der Waals surface area contributed by atoms with Gasteiger partial charge in [-0.1, -0.05) is 44.5 Å². The maximum Gasteiger partial charge on any atom is 2.00 e. The molecule has 0 spiro atoms. The maximum atomic E-state index is 14.3. The molecule has 0 aliphatic carbocycles. The molecule has 0 N–H and O–H groups in total. The fraction of sp³-hybridized carbons (Fsp3) is 0.179. The second kappa shape index (κ2) is 13.5. The molecule has 0 atom stereocenters. The summed E-state index contributed by atoms with van der Waals surface area (Å²) in [5.74, 6) is 2.51. The summed E-state index contributed by atoms with van der Waals surface area (Å²) in [6, 6.07) is 30.2. The van der Waals surface area contributed by atoms with Gasteiger partial charge in [0, 0.05) is 45.9 Å². The van der Waals surface area contributed by atoms with Gasteiger partial charge in [-0.05, 0) is 77.5 Å². The van der Waals surface area contributed by atoms with Crippen LogP contribution in [0.4, 0.5) is 4.39 Å². The van der Waals surface area contributed by atoms with E-state index in [1.165, 1.54) is 39.9 Å². The molecule has 0 radical (unpaired) electrons. The zero-order valence-corrected chi connectivity index (χ0v) is 29.8. The van der Waals surface area contributed by atoms with Gasteiger partial charge < -0.3 is 9.30 Å². The number of benzene rings is 4. The Kier molecular flexibility index (Phi) is 9.41. The summed E-state index contributed by atoms with van der Waals surface area (Å²) >= 11 is 1.86. The van der Waals surface area contributed by atoms with Crippen molar-refractivity contribution in [3.8, 4) is 34.1 Å². The van der Waals surface area contributed by atoms with Crippen molar-refractivity contribution in [2.45, 2.75) is 45.4 Å². The van der Waals surface area contributed by atoms with Crippen molar-refractivity contribution in [2.24, 2.45) is 0 Å². The molecule has 5 nitrogen and oxygen atoms in total. The number of para-hydroxylation sites is 1. The van der Waals surface area contributed by atoms with Gasteiger partial charge in [0.15, 0.2) is 0 Å². The third-order valence-corrected chi connectivity index (χ3v) is 9.03. The van der Waals surface area contributed by atoms with Gasteiger partial charge in [-0.25, -0.2) is 9.37 Å². The molecule has 8 heteroatoms. The van der Waals surface area contributed by atoms with E-state index in [2.05, 4.69) is 76.1 Å². The Hall–Kier alpha value is -4.19. The first kappa shape index (κ1) is 32.7. The molecule has 0 unspecified atom stereocenters. The summed E-state index contributed by atoms with van der Waals surface area (Å²) in [4.78, 5) is 5.75. The molecule has 4 aromatic carbocycles. The number of ether oxygens (including phenoxy) is 1. The molecular weight excluding hydrogens is 787 g/mol. The largest absolute Gasteiger partial charge is 2.00 e. The number of hydrogen-bond acceptors (Lipinski definition) is 4. The summed E-state index contributed by atoms with van der Waals surface area (Å²) in [7, 11) is 0. The Bertz CT molecular complexity index is 2220. The second-order valence-electron chi connectivity index (χ2n) is 11.7.